The topological polar surface area (TPSA) is 21.1 Å². The lowest BCUT2D eigenvalue weighted by Crippen LogP contribution is -2.38. The minimum absolute atomic E-state index is 0.650. The molecule has 0 bridgehead atoms. The average Bonchev–Trinajstić information content (AvgIpc) is 2.86. The van der Waals surface area contributed by atoms with Crippen molar-refractivity contribution < 1.29 is 0 Å². The van der Waals surface area contributed by atoms with Gasteiger partial charge < -0.3 is 9.47 Å². The molecule has 1 aromatic rings. The predicted molar refractivity (Wildman–Crippen MR) is 78.2 cm³/mol. The fraction of sp³-hybridized carbons (Fsp3) is 0.812. The predicted octanol–water partition coefficient (Wildman–Crippen LogP) is 3.18. The first-order chi connectivity index (χ1) is 9.33. The molecule has 0 spiro atoms. The number of imidazole rings is 1. The molecular weight excluding hydrogens is 234 g/mol. The van der Waals surface area contributed by atoms with Gasteiger partial charge >= 0.3 is 0 Å². The Kier molecular flexibility index (Phi) is 4.21. The maximum Gasteiger partial charge on any atom is 0.112 e. The SMILES string of the molecule is Cn1ccnc1[C@H]1CCCN(CC2CCCCC2)C1. The maximum atomic E-state index is 4.56. The Bertz CT molecular complexity index is 392. The van der Waals surface area contributed by atoms with Gasteiger partial charge in [-0.3, -0.25) is 0 Å². The molecule has 3 heteroatoms. The maximum absolute atomic E-state index is 4.56. The van der Waals surface area contributed by atoms with Gasteiger partial charge in [-0.1, -0.05) is 19.3 Å². The van der Waals surface area contributed by atoms with Crippen LogP contribution in [0.5, 0.6) is 0 Å². The minimum atomic E-state index is 0.650. The number of rotatable bonds is 3. The second-order valence-corrected chi connectivity index (χ2v) is 6.50. The van der Waals surface area contributed by atoms with E-state index in [0.29, 0.717) is 5.92 Å². The van der Waals surface area contributed by atoms with Gasteiger partial charge in [0.1, 0.15) is 5.82 Å². The Morgan fingerprint density at radius 1 is 1.16 bits per heavy atom. The third-order valence-corrected chi connectivity index (χ3v) is 4.97. The lowest BCUT2D eigenvalue weighted by atomic mass is 9.88. The second-order valence-electron chi connectivity index (χ2n) is 6.50. The number of hydrogen-bond acceptors (Lipinski definition) is 2. The Morgan fingerprint density at radius 3 is 2.74 bits per heavy atom. The molecule has 2 fully saturated rings. The van der Waals surface area contributed by atoms with Gasteiger partial charge in [-0.25, -0.2) is 4.98 Å². The lowest BCUT2D eigenvalue weighted by molar-refractivity contribution is 0.157. The summed E-state index contributed by atoms with van der Waals surface area (Å²) in [5, 5.41) is 0. The Labute approximate surface area is 117 Å². The Balaban J connectivity index is 1.57. The van der Waals surface area contributed by atoms with Crippen molar-refractivity contribution in [3.8, 4) is 0 Å². The zero-order valence-electron chi connectivity index (χ0n) is 12.2. The fourth-order valence-electron chi connectivity index (χ4n) is 3.94. The largest absolute Gasteiger partial charge is 0.338 e. The molecule has 1 saturated carbocycles. The molecule has 1 aliphatic carbocycles. The van der Waals surface area contributed by atoms with Gasteiger partial charge in [0, 0.05) is 38.4 Å². The second kappa shape index (κ2) is 6.08. The molecule has 1 saturated heterocycles. The average molecular weight is 261 g/mol. The van der Waals surface area contributed by atoms with E-state index in [1.165, 1.54) is 70.4 Å². The van der Waals surface area contributed by atoms with E-state index in [0.717, 1.165) is 5.92 Å². The van der Waals surface area contributed by atoms with E-state index in [4.69, 9.17) is 0 Å². The molecule has 2 heterocycles. The summed E-state index contributed by atoms with van der Waals surface area (Å²) >= 11 is 0. The van der Waals surface area contributed by atoms with Crippen molar-refractivity contribution in [3.05, 3.63) is 18.2 Å². The third kappa shape index (κ3) is 3.19. The first-order valence-electron chi connectivity index (χ1n) is 8.02. The first-order valence-corrected chi connectivity index (χ1v) is 8.02. The van der Waals surface area contributed by atoms with E-state index in [1.807, 2.05) is 6.20 Å². The van der Waals surface area contributed by atoms with Crippen LogP contribution in [-0.2, 0) is 7.05 Å². The first kappa shape index (κ1) is 13.2. The summed E-state index contributed by atoms with van der Waals surface area (Å²) in [6, 6.07) is 0. The van der Waals surface area contributed by atoms with Gasteiger partial charge in [0.15, 0.2) is 0 Å². The zero-order chi connectivity index (χ0) is 13.1. The standard InChI is InChI=1S/C16H27N3/c1-18-11-9-17-16(18)15-8-5-10-19(13-15)12-14-6-3-2-4-7-14/h9,11,14-15H,2-8,10,12-13H2,1H3/t15-/m0/s1. The molecule has 0 amide bonds. The summed E-state index contributed by atoms with van der Waals surface area (Å²) in [5.41, 5.74) is 0. The summed E-state index contributed by atoms with van der Waals surface area (Å²) in [4.78, 5) is 7.26. The van der Waals surface area contributed by atoms with Crippen molar-refractivity contribution in [2.75, 3.05) is 19.6 Å². The van der Waals surface area contributed by atoms with Crippen LogP contribution in [0.4, 0.5) is 0 Å². The van der Waals surface area contributed by atoms with E-state index in [1.54, 1.807) is 0 Å². The monoisotopic (exact) mass is 261 g/mol. The summed E-state index contributed by atoms with van der Waals surface area (Å²) in [6.07, 6.45) is 14.0. The van der Waals surface area contributed by atoms with Crippen LogP contribution in [0.25, 0.3) is 0 Å². The molecule has 1 atom stereocenters. The molecule has 3 rings (SSSR count). The van der Waals surface area contributed by atoms with Crippen molar-refractivity contribution >= 4 is 0 Å². The van der Waals surface area contributed by atoms with Gasteiger partial charge in [0.05, 0.1) is 0 Å². The number of hydrogen-bond donors (Lipinski definition) is 0. The number of aromatic nitrogens is 2. The number of aryl methyl sites for hydroxylation is 1. The van der Waals surface area contributed by atoms with Gasteiger partial charge in [-0.15, -0.1) is 0 Å². The molecule has 3 nitrogen and oxygen atoms in total. The van der Waals surface area contributed by atoms with E-state index in [9.17, 15) is 0 Å². The molecule has 1 aromatic heterocycles. The van der Waals surface area contributed by atoms with E-state index >= 15 is 0 Å². The van der Waals surface area contributed by atoms with Crippen LogP contribution >= 0.6 is 0 Å². The molecule has 1 aliphatic heterocycles. The molecule has 106 valence electrons. The Hall–Kier alpha value is -0.830. The quantitative estimate of drug-likeness (QED) is 0.833. The minimum Gasteiger partial charge on any atom is -0.338 e. The molecule has 19 heavy (non-hydrogen) atoms. The summed E-state index contributed by atoms with van der Waals surface area (Å²) in [7, 11) is 2.13. The molecule has 2 aliphatic rings. The van der Waals surface area contributed by atoms with E-state index < -0.39 is 0 Å². The molecule has 0 aromatic carbocycles. The number of likely N-dealkylation sites (tertiary alicyclic amines) is 1. The van der Waals surface area contributed by atoms with Crippen molar-refractivity contribution in [2.45, 2.75) is 50.9 Å². The number of nitrogens with zero attached hydrogens (tertiary/aromatic N) is 3. The van der Waals surface area contributed by atoms with Crippen molar-refractivity contribution in [1.82, 2.24) is 14.5 Å². The lowest BCUT2D eigenvalue weighted by Gasteiger charge is -2.35. The summed E-state index contributed by atoms with van der Waals surface area (Å²) in [5.74, 6) is 2.90. The third-order valence-electron chi connectivity index (χ3n) is 4.97. The van der Waals surface area contributed by atoms with Gasteiger partial charge in [0.25, 0.3) is 0 Å². The van der Waals surface area contributed by atoms with Crippen LogP contribution in [0.2, 0.25) is 0 Å². The summed E-state index contributed by atoms with van der Waals surface area (Å²) < 4.78 is 2.20. The van der Waals surface area contributed by atoms with Crippen molar-refractivity contribution in [1.29, 1.82) is 0 Å². The van der Waals surface area contributed by atoms with Gasteiger partial charge in [-0.05, 0) is 38.1 Å². The van der Waals surface area contributed by atoms with Gasteiger partial charge in [0.2, 0.25) is 0 Å². The number of piperidine rings is 1. The highest BCUT2D eigenvalue weighted by atomic mass is 15.1. The van der Waals surface area contributed by atoms with Crippen molar-refractivity contribution in [2.24, 2.45) is 13.0 Å². The van der Waals surface area contributed by atoms with Crippen molar-refractivity contribution in [3.63, 3.8) is 0 Å². The smallest absolute Gasteiger partial charge is 0.112 e. The summed E-state index contributed by atoms with van der Waals surface area (Å²) in [6.45, 7) is 3.86. The molecule has 0 unspecified atom stereocenters. The normalized spacial score (nSPS) is 26.7. The zero-order valence-corrected chi connectivity index (χ0v) is 12.2. The Morgan fingerprint density at radius 2 is 2.00 bits per heavy atom. The highest BCUT2D eigenvalue weighted by molar-refractivity contribution is 5.02. The van der Waals surface area contributed by atoms with E-state index in [2.05, 4.69) is 27.7 Å². The molecular formula is C16H27N3. The van der Waals surface area contributed by atoms with Crippen LogP contribution in [-0.4, -0.2) is 34.1 Å². The fourth-order valence-corrected chi connectivity index (χ4v) is 3.94. The highest BCUT2D eigenvalue weighted by Crippen LogP contribution is 2.29. The van der Waals surface area contributed by atoms with Crippen LogP contribution in [0.15, 0.2) is 12.4 Å². The molecule has 0 radical (unpaired) electrons. The van der Waals surface area contributed by atoms with E-state index in [-0.39, 0.29) is 0 Å². The van der Waals surface area contributed by atoms with Gasteiger partial charge in [-0.2, -0.15) is 0 Å². The highest BCUT2D eigenvalue weighted by Gasteiger charge is 2.26. The molecule has 0 N–H and O–H groups in total. The van der Waals surface area contributed by atoms with Crippen LogP contribution in [0, 0.1) is 5.92 Å². The van der Waals surface area contributed by atoms with Crippen LogP contribution < -0.4 is 0 Å². The van der Waals surface area contributed by atoms with Crippen LogP contribution in [0.1, 0.15) is 56.7 Å². The van der Waals surface area contributed by atoms with Crippen LogP contribution in [0.3, 0.4) is 0 Å².